The van der Waals surface area contributed by atoms with Crippen molar-refractivity contribution >= 4 is 34.2 Å². The van der Waals surface area contributed by atoms with Gasteiger partial charge in [-0.05, 0) is 54.5 Å². The van der Waals surface area contributed by atoms with E-state index in [0.717, 1.165) is 10.4 Å². The maximum atomic E-state index is 14.1. The Labute approximate surface area is 233 Å². The molecule has 2 unspecified atom stereocenters. The Morgan fingerprint density at radius 2 is 1.85 bits per heavy atom. The van der Waals surface area contributed by atoms with Crippen molar-refractivity contribution in [1.29, 1.82) is 0 Å². The van der Waals surface area contributed by atoms with Crippen molar-refractivity contribution in [2.45, 2.75) is 63.2 Å². The summed E-state index contributed by atoms with van der Waals surface area (Å²) in [5.74, 6) is -2.40. The van der Waals surface area contributed by atoms with Crippen LogP contribution >= 0.6 is 11.3 Å². The molecule has 4 aromatic rings. The first kappa shape index (κ1) is 27.9. The smallest absolute Gasteiger partial charge is 0.393 e. The Kier molecular flexibility index (Phi) is 8.25. The number of carbonyl (C=O) groups excluding carboxylic acids is 1. The Bertz CT molecular complexity index is 1470. The van der Waals surface area contributed by atoms with E-state index >= 15 is 0 Å². The number of rotatable bonds is 9. The van der Waals surface area contributed by atoms with Gasteiger partial charge in [-0.2, -0.15) is 13.2 Å². The second-order valence-corrected chi connectivity index (χ2v) is 11.3. The molecule has 5 rings (SSSR count). The van der Waals surface area contributed by atoms with Gasteiger partial charge in [-0.25, -0.2) is 4.98 Å². The topological polar surface area (TPSA) is 84.2 Å². The van der Waals surface area contributed by atoms with Crippen LogP contribution in [0, 0.1) is 5.92 Å². The average molecular weight is 570 g/mol. The van der Waals surface area contributed by atoms with E-state index in [9.17, 15) is 27.9 Å². The van der Waals surface area contributed by atoms with Crippen LogP contribution in [0.15, 0.2) is 66.0 Å². The summed E-state index contributed by atoms with van der Waals surface area (Å²) in [4.78, 5) is 30.4. The van der Waals surface area contributed by atoms with E-state index in [1.54, 1.807) is 22.8 Å². The van der Waals surface area contributed by atoms with Gasteiger partial charge >= 0.3 is 12.1 Å². The van der Waals surface area contributed by atoms with Crippen LogP contribution in [0.5, 0.6) is 0 Å². The highest BCUT2D eigenvalue weighted by molar-refractivity contribution is 7.09. The zero-order valence-electron chi connectivity index (χ0n) is 21.7. The fourth-order valence-electron chi connectivity index (χ4n) is 5.71. The van der Waals surface area contributed by atoms with E-state index in [-0.39, 0.29) is 18.4 Å². The average Bonchev–Trinajstić information content (AvgIpc) is 3.55. The molecule has 3 atom stereocenters. The Morgan fingerprint density at radius 1 is 1.07 bits per heavy atom. The molecule has 210 valence electrons. The molecular weight excluding hydrogens is 539 g/mol. The molecule has 1 amide bonds. The summed E-state index contributed by atoms with van der Waals surface area (Å²) >= 11 is 1.52. The maximum absolute atomic E-state index is 14.1. The van der Waals surface area contributed by atoms with Crippen LogP contribution in [0.2, 0.25) is 0 Å². The molecule has 2 aromatic heterocycles. The van der Waals surface area contributed by atoms with Crippen LogP contribution < -0.4 is 5.32 Å². The van der Waals surface area contributed by atoms with Crippen molar-refractivity contribution < 1.29 is 27.9 Å². The van der Waals surface area contributed by atoms with Crippen LogP contribution in [0.3, 0.4) is 0 Å². The number of nitrogens with zero attached hydrogens (tertiary/aromatic N) is 2. The SMILES string of the molecule is O=C(O)CC(Cc1ccccc1)NC(=O)c1ccc2c(c1)nc(Cc1cccs1)n2[C@H]1CCCCC1C(F)(F)F. The molecule has 0 saturated heterocycles. The zero-order chi connectivity index (χ0) is 28.3. The highest BCUT2D eigenvalue weighted by atomic mass is 32.1. The second kappa shape index (κ2) is 11.8. The first-order valence-corrected chi connectivity index (χ1v) is 14.2. The molecule has 0 spiro atoms. The third-order valence-corrected chi connectivity index (χ3v) is 8.38. The van der Waals surface area contributed by atoms with Crippen molar-refractivity contribution in [3.63, 3.8) is 0 Å². The normalized spacial score (nSPS) is 18.5. The minimum atomic E-state index is -4.32. The summed E-state index contributed by atoms with van der Waals surface area (Å²) < 4.78 is 44.1. The number of alkyl halides is 3. The largest absolute Gasteiger partial charge is 0.481 e. The number of carboxylic acid groups (broad SMARTS) is 1. The number of imidazole rings is 1. The summed E-state index contributed by atoms with van der Waals surface area (Å²) in [5.41, 5.74) is 2.19. The zero-order valence-corrected chi connectivity index (χ0v) is 22.5. The summed E-state index contributed by atoms with van der Waals surface area (Å²) in [5, 5.41) is 14.1. The van der Waals surface area contributed by atoms with Crippen LogP contribution in [0.4, 0.5) is 13.2 Å². The van der Waals surface area contributed by atoms with E-state index in [1.807, 2.05) is 47.8 Å². The van der Waals surface area contributed by atoms with Crippen LogP contribution in [0.25, 0.3) is 11.0 Å². The van der Waals surface area contributed by atoms with Gasteiger partial charge in [0.25, 0.3) is 5.91 Å². The van der Waals surface area contributed by atoms with Gasteiger partial charge in [0.2, 0.25) is 0 Å². The van der Waals surface area contributed by atoms with Gasteiger partial charge in [0.1, 0.15) is 5.82 Å². The van der Waals surface area contributed by atoms with E-state index in [1.165, 1.54) is 11.3 Å². The summed E-state index contributed by atoms with van der Waals surface area (Å²) in [6, 6.07) is 16.6. The van der Waals surface area contributed by atoms with Gasteiger partial charge in [0.05, 0.1) is 23.4 Å². The van der Waals surface area contributed by atoms with Gasteiger partial charge < -0.3 is 15.0 Å². The van der Waals surface area contributed by atoms with Crippen LogP contribution in [-0.4, -0.2) is 38.8 Å². The van der Waals surface area contributed by atoms with Crippen molar-refractivity contribution in [2.75, 3.05) is 0 Å². The number of benzene rings is 2. The molecule has 1 saturated carbocycles. The number of halogens is 3. The number of carboxylic acids is 1. The van der Waals surface area contributed by atoms with Gasteiger partial charge in [0.15, 0.2) is 0 Å². The number of hydrogen-bond donors (Lipinski definition) is 2. The fraction of sp³-hybridized carbons (Fsp3) is 0.367. The summed E-state index contributed by atoms with van der Waals surface area (Å²) in [6.45, 7) is 0. The molecule has 0 radical (unpaired) electrons. The van der Waals surface area contributed by atoms with Crippen molar-refractivity contribution in [1.82, 2.24) is 14.9 Å². The lowest BCUT2D eigenvalue weighted by atomic mass is 9.83. The molecule has 1 aliphatic rings. The molecule has 2 heterocycles. The van der Waals surface area contributed by atoms with Crippen molar-refractivity contribution in [2.24, 2.45) is 5.92 Å². The molecule has 2 N–H and O–H groups in total. The maximum Gasteiger partial charge on any atom is 0.393 e. The van der Waals surface area contributed by atoms with E-state index in [2.05, 4.69) is 5.32 Å². The fourth-order valence-corrected chi connectivity index (χ4v) is 6.41. The van der Waals surface area contributed by atoms with Crippen LogP contribution in [-0.2, 0) is 17.6 Å². The third-order valence-electron chi connectivity index (χ3n) is 7.50. The van der Waals surface area contributed by atoms with Gasteiger partial charge in [-0.15, -0.1) is 11.3 Å². The highest BCUT2D eigenvalue weighted by Gasteiger charge is 2.47. The molecule has 0 aliphatic heterocycles. The number of carbonyl (C=O) groups is 2. The summed E-state index contributed by atoms with van der Waals surface area (Å²) in [6.07, 6.45) is -2.08. The predicted molar refractivity (Wildman–Crippen MR) is 148 cm³/mol. The number of aliphatic carboxylic acids is 1. The van der Waals surface area contributed by atoms with E-state index in [4.69, 9.17) is 4.98 Å². The minimum absolute atomic E-state index is 0.0825. The molecule has 6 nitrogen and oxygen atoms in total. The lowest BCUT2D eigenvalue weighted by Gasteiger charge is -2.35. The number of nitrogens with one attached hydrogen (secondary N) is 1. The monoisotopic (exact) mass is 569 g/mol. The molecule has 1 aliphatic carbocycles. The van der Waals surface area contributed by atoms with Crippen molar-refractivity contribution in [3.8, 4) is 0 Å². The molecular formula is C30H30F3N3O3S. The number of amides is 1. The lowest BCUT2D eigenvalue weighted by Crippen LogP contribution is -2.38. The van der Waals surface area contributed by atoms with Crippen LogP contribution in [0.1, 0.15) is 64.8 Å². The standard InChI is InChI=1S/C30H30F3N3O3S/c31-30(32,33)23-10-4-5-11-25(23)36-26-13-12-20(16-24(26)35-27(36)18-22-9-6-14-40-22)29(39)34-21(17-28(37)38)15-19-7-2-1-3-8-19/h1-3,6-9,12-14,16,21,23,25H,4-5,10-11,15,17-18H2,(H,34,39)(H,37,38)/t21?,23?,25-/m0/s1. The number of thiophene rings is 1. The molecule has 40 heavy (non-hydrogen) atoms. The van der Waals surface area contributed by atoms with Gasteiger partial charge in [-0.3, -0.25) is 9.59 Å². The van der Waals surface area contributed by atoms with E-state index < -0.39 is 36.1 Å². The van der Waals surface area contributed by atoms with E-state index in [0.29, 0.717) is 49.0 Å². The Hall–Kier alpha value is -3.66. The predicted octanol–water partition coefficient (Wildman–Crippen LogP) is 6.80. The Balaban J connectivity index is 1.48. The number of aromatic nitrogens is 2. The van der Waals surface area contributed by atoms with Gasteiger partial charge in [-0.1, -0.05) is 49.2 Å². The quantitative estimate of drug-likeness (QED) is 0.232. The number of fused-ring (bicyclic) bond motifs is 1. The highest BCUT2D eigenvalue weighted by Crippen LogP contribution is 2.45. The minimum Gasteiger partial charge on any atom is -0.481 e. The molecule has 2 aromatic carbocycles. The molecule has 1 fully saturated rings. The molecule has 0 bridgehead atoms. The first-order valence-electron chi connectivity index (χ1n) is 13.4. The summed E-state index contributed by atoms with van der Waals surface area (Å²) in [7, 11) is 0. The second-order valence-electron chi connectivity index (χ2n) is 10.3. The van der Waals surface area contributed by atoms with Crippen molar-refractivity contribution in [3.05, 3.63) is 87.9 Å². The first-order chi connectivity index (χ1) is 19.2. The lowest BCUT2D eigenvalue weighted by molar-refractivity contribution is -0.193. The molecule has 10 heteroatoms. The third kappa shape index (κ3) is 6.38. The van der Waals surface area contributed by atoms with Gasteiger partial charge in [0, 0.05) is 28.9 Å². The Morgan fingerprint density at radius 3 is 2.55 bits per heavy atom. The number of hydrogen-bond acceptors (Lipinski definition) is 4.